The quantitative estimate of drug-likeness (QED) is 0.269. The summed E-state index contributed by atoms with van der Waals surface area (Å²) in [4.78, 5) is 4.06. The molecule has 0 amide bonds. The molecule has 2 rings (SSSR count). The Morgan fingerprint density at radius 3 is 2.36 bits per heavy atom. The molecule has 0 unspecified atom stereocenters. The van der Waals surface area contributed by atoms with Gasteiger partial charge in [-0.15, -0.1) is 24.0 Å². The molecular formula is C19H26FIN4O2S. The Bertz CT molecular complexity index is 848. The molecule has 0 aliphatic rings. The van der Waals surface area contributed by atoms with Gasteiger partial charge in [0.2, 0.25) is 10.0 Å². The van der Waals surface area contributed by atoms with Crippen LogP contribution in [0.2, 0.25) is 0 Å². The zero-order chi connectivity index (χ0) is 19.5. The number of aliphatic imine (C=N–C) groups is 1. The minimum atomic E-state index is -3.39. The van der Waals surface area contributed by atoms with Crippen LogP contribution in [0.4, 0.5) is 4.39 Å². The molecule has 0 bridgehead atoms. The van der Waals surface area contributed by atoms with E-state index in [1.54, 1.807) is 13.1 Å². The van der Waals surface area contributed by atoms with Crippen LogP contribution in [0, 0.1) is 5.82 Å². The number of benzene rings is 2. The van der Waals surface area contributed by atoms with E-state index < -0.39 is 10.0 Å². The van der Waals surface area contributed by atoms with E-state index >= 15 is 0 Å². The minimum absolute atomic E-state index is 0. The fraction of sp³-hybridized carbons (Fsp3) is 0.316. The highest BCUT2D eigenvalue weighted by molar-refractivity contribution is 14.0. The highest BCUT2D eigenvalue weighted by Gasteiger charge is 2.10. The Kier molecular flexibility index (Phi) is 11.0. The molecule has 0 fully saturated rings. The lowest BCUT2D eigenvalue weighted by Gasteiger charge is -2.12. The lowest BCUT2D eigenvalue weighted by Crippen LogP contribution is -2.41. The fourth-order valence-electron chi connectivity index (χ4n) is 2.40. The maximum Gasteiger partial charge on any atom is 0.213 e. The summed E-state index contributed by atoms with van der Waals surface area (Å²) in [5, 5.41) is 6.05. The molecule has 2 aromatic rings. The summed E-state index contributed by atoms with van der Waals surface area (Å²) >= 11 is 0. The van der Waals surface area contributed by atoms with Crippen LogP contribution in [0.25, 0.3) is 0 Å². The van der Waals surface area contributed by atoms with Crippen molar-refractivity contribution >= 4 is 40.0 Å². The maximum absolute atomic E-state index is 13.1. The van der Waals surface area contributed by atoms with E-state index in [9.17, 15) is 12.8 Å². The van der Waals surface area contributed by atoms with Crippen LogP contribution < -0.4 is 15.4 Å². The molecule has 9 heteroatoms. The van der Waals surface area contributed by atoms with Crippen molar-refractivity contribution in [3.05, 3.63) is 71.5 Å². The molecule has 3 N–H and O–H groups in total. The van der Waals surface area contributed by atoms with Gasteiger partial charge in [-0.2, -0.15) is 0 Å². The number of halogens is 2. The van der Waals surface area contributed by atoms with Gasteiger partial charge < -0.3 is 10.6 Å². The average Bonchev–Trinajstić information content (AvgIpc) is 2.66. The summed E-state index contributed by atoms with van der Waals surface area (Å²) < 4.78 is 39.8. The standard InChI is InChI=1S/C19H25FN4O2S.HI/c1-21-19(22-11-10-16-8-5-9-18(20)14-16)23-12-13-27(25,26)24-15-17-6-3-2-4-7-17;/h2-9,14,24H,10-13,15H2,1H3,(H2,21,22,23);1H. The molecule has 0 heterocycles. The largest absolute Gasteiger partial charge is 0.356 e. The van der Waals surface area contributed by atoms with Gasteiger partial charge in [-0.1, -0.05) is 42.5 Å². The predicted octanol–water partition coefficient (Wildman–Crippen LogP) is 2.27. The molecule has 154 valence electrons. The van der Waals surface area contributed by atoms with Gasteiger partial charge in [0, 0.05) is 26.7 Å². The highest BCUT2D eigenvalue weighted by atomic mass is 127. The molecule has 0 aliphatic heterocycles. The number of guanidine groups is 1. The van der Waals surface area contributed by atoms with E-state index in [1.165, 1.54) is 12.1 Å². The number of hydrogen-bond donors (Lipinski definition) is 3. The molecule has 0 radical (unpaired) electrons. The topological polar surface area (TPSA) is 82.6 Å². The Balaban J connectivity index is 0.00000392. The zero-order valence-electron chi connectivity index (χ0n) is 15.7. The Morgan fingerprint density at radius 2 is 1.68 bits per heavy atom. The van der Waals surface area contributed by atoms with Gasteiger partial charge in [-0.3, -0.25) is 4.99 Å². The van der Waals surface area contributed by atoms with Gasteiger partial charge in [0.25, 0.3) is 0 Å². The summed E-state index contributed by atoms with van der Waals surface area (Å²) in [5.74, 6) is 0.178. The van der Waals surface area contributed by atoms with Crippen molar-refractivity contribution in [1.82, 2.24) is 15.4 Å². The first-order chi connectivity index (χ1) is 13.0. The monoisotopic (exact) mass is 520 g/mol. The van der Waals surface area contributed by atoms with Crippen molar-refractivity contribution in [2.45, 2.75) is 13.0 Å². The normalized spacial score (nSPS) is 11.6. The van der Waals surface area contributed by atoms with Crippen LogP contribution >= 0.6 is 24.0 Å². The first-order valence-corrected chi connectivity index (χ1v) is 10.3. The minimum Gasteiger partial charge on any atom is -0.356 e. The number of nitrogens with zero attached hydrogens (tertiary/aromatic N) is 1. The van der Waals surface area contributed by atoms with E-state index in [2.05, 4.69) is 20.3 Å². The van der Waals surface area contributed by atoms with Crippen molar-refractivity contribution < 1.29 is 12.8 Å². The van der Waals surface area contributed by atoms with Crippen LogP contribution in [-0.2, 0) is 23.0 Å². The summed E-state index contributed by atoms with van der Waals surface area (Å²) in [6, 6.07) is 15.8. The molecule has 0 saturated heterocycles. The fourth-order valence-corrected chi connectivity index (χ4v) is 3.31. The molecule has 0 spiro atoms. The molecule has 6 nitrogen and oxygen atoms in total. The lowest BCUT2D eigenvalue weighted by atomic mass is 10.1. The summed E-state index contributed by atoms with van der Waals surface area (Å²) in [6.07, 6.45) is 0.634. The second kappa shape index (κ2) is 12.7. The average molecular weight is 520 g/mol. The third-order valence-corrected chi connectivity index (χ3v) is 5.15. The summed E-state index contributed by atoms with van der Waals surface area (Å²) in [7, 11) is -1.78. The van der Waals surface area contributed by atoms with Crippen LogP contribution in [0.3, 0.4) is 0 Å². The van der Waals surface area contributed by atoms with Crippen molar-refractivity contribution in [2.24, 2.45) is 4.99 Å². The number of sulfonamides is 1. The van der Waals surface area contributed by atoms with E-state index in [-0.39, 0.29) is 48.6 Å². The van der Waals surface area contributed by atoms with Crippen molar-refractivity contribution in [2.75, 3.05) is 25.9 Å². The Morgan fingerprint density at radius 1 is 1.00 bits per heavy atom. The van der Waals surface area contributed by atoms with E-state index in [1.807, 2.05) is 36.4 Å². The smallest absolute Gasteiger partial charge is 0.213 e. The molecule has 28 heavy (non-hydrogen) atoms. The van der Waals surface area contributed by atoms with Crippen molar-refractivity contribution in [1.29, 1.82) is 0 Å². The van der Waals surface area contributed by atoms with Gasteiger partial charge >= 0.3 is 0 Å². The SMILES string of the molecule is CN=C(NCCc1cccc(F)c1)NCCS(=O)(=O)NCc1ccccc1.I. The molecule has 0 atom stereocenters. The number of rotatable bonds is 9. The van der Waals surface area contributed by atoms with Gasteiger partial charge in [-0.05, 0) is 29.7 Å². The van der Waals surface area contributed by atoms with Crippen LogP contribution in [-0.4, -0.2) is 40.3 Å². The third kappa shape index (κ3) is 9.47. The molecular weight excluding hydrogens is 494 g/mol. The summed E-state index contributed by atoms with van der Waals surface area (Å²) in [5.41, 5.74) is 1.79. The maximum atomic E-state index is 13.1. The first kappa shape index (κ1) is 24.3. The van der Waals surface area contributed by atoms with Crippen LogP contribution in [0.1, 0.15) is 11.1 Å². The van der Waals surface area contributed by atoms with Gasteiger partial charge in [-0.25, -0.2) is 17.5 Å². The number of nitrogens with one attached hydrogen (secondary N) is 3. The zero-order valence-corrected chi connectivity index (χ0v) is 18.8. The van der Waals surface area contributed by atoms with Gasteiger partial charge in [0.15, 0.2) is 5.96 Å². The Labute approximate surface area is 183 Å². The van der Waals surface area contributed by atoms with Crippen molar-refractivity contribution in [3.8, 4) is 0 Å². The van der Waals surface area contributed by atoms with Crippen LogP contribution in [0.5, 0.6) is 0 Å². The lowest BCUT2D eigenvalue weighted by molar-refractivity contribution is 0.580. The van der Waals surface area contributed by atoms with E-state index in [4.69, 9.17) is 0 Å². The second-order valence-electron chi connectivity index (χ2n) is 5.93. The molecule has 0 saturated carbocycles. The van der Waals surface area contributed by atoms with Crippen LogP contribution in [0.15, 0.2) is 59.6 Å². The predicted molar refractivity (Wildman–Crippen MR) is 122 cm³/mol. The van der Waals surface area contributed by atoms with E-state index in [0.717, 1.165) is 11.1 Å². The van der Waals surface area contributed by atoms with Gasteiger partial charge in [0.05, 0.1) is 5.75 Å². The highest BCUT2D eigenvalue weighted by Crippen LogP contribution is 2.03. The van der Waals surface area contributed by atoms with Gasteiger partial charge in [0.1, 0.15) is 5.82 Å². The Hall–Kier alpha value is -1.72. The van der Waals surface area contributed by atoms with Crippen molar-refractivity contribution in [3.63, 3.8) is 0 Å². The molecule has 0 aromatic heterocycles. The second-order valence-corrected chi connectivity index (χ2v) is 7.86. The first-order valence-electron chi connectivity index (χ1n) is 8.69. The molecule has 0 aliphatic carbocycles. The number of hydrogen-bond acceptors (Lipinski definition) is 3. The van der Waals surface area contributed by atoms with E-state index in [0.29, 0.717) is 18.9 Å². The molecule has 2 aromatic carbocycles. The summed E-state index contributed by atoms with van der Waals surface area (Å²) in [6.45, 7) is 1.05. The third-order valence-electron chi connectivity index (χ3n) is 3.82.